The Bertz CT molecular complexity index is 1580. The minimum atomic E-state index is -3.62. The normalized spacial score (nSPS) is 40.8. The van der Waals surface area contributed by atoms with Crippen molar-refractivity contribution in [2.75, 3.05) is 12.0 Å². The average Bonchev–Trinajstić information content (AvgIpc) is 3.49. The lowest BCUT2D eigenvalue weighted by molar-refractivity contribution is -0.221. The van der Waals surface area contributed by atoms with E-state index >= 15 is 8.78 Å². The van der Waals surface area contributed by atoms with Gasteiger partial charge in [-0.3, -0.25) is 9.59 Å². The number of aliphatic hydroxyl groups is 1. The van der Waals surface area contributed by atoms with Crippen LogP contribution < -0.4 is 0 Å². The molecule has 8 nitrogen and oxygen atoms in total. The van der Waals surface area contributed by atoms with Gasteiger partial charge in [0.25, 0.3) is 0 Å². The Labute approximate surface area is 251 Å². The van der Waals surface area contributed by atoms with Crippen LogP contribution in [0.15, 0.2) is 40.1 Å². The van der Waals surface area contributed by atoms with Crippen molar-refractivity contribution in [1.82, 2.24) is 0 Å². The fourth-order valence-corrected chi connectivity index (χ4v) is 10.9. The highest BCUT2D eigenvalue weighted by Gasteiger charge is 2.78. The molecular formula is C29H31F2NO7S3. The van der Waals surface area contributed by atoms with Gasteiger partial charge in [-0.2, -0.15) is 5.26 Å². The van der Waals surface area contributed by atoms with E-state index in [-0.39, 0.29) is 39.7 Å². The first-order valence-corrected chi connectivity index (χ1v) is 17.2. The fraction of sp³-hybridized carbons (Fsp3) is 0.586. The van der Waals surface area contributed by atoms with E-state index in [9.17, 15) is 33.2 Å². The summed E-state index contributed by atoms with van der Waals surface area (Å²) >= 11 is 1.33. The van der Waals surface area contributed by atoms with Gasteiger partial charge in [0.05, 0.1) is 17.9 Å². The molecule has 4 aliphatic rings. The minimum Gasteiger partial charge on any atom is -0.445 e. The van der Waals surface area contributed by atoms with E-state index < -0.39 is 78.8 Å². The summed E-state index contributed by atoms with van der Waals surface area (Å²) in [6.07, 6.45) is 0.701. The van der Waals surface area contributed by atoms with E-state index in [1.54, 1.807) is 13.8 Å². The molecule has 5 rings (SSSR count). The molecule has 2 unspecified atom stereocenters. The number of rotatable bonds is 5. The average molecular weight is 640 g/mol. The summed E-state index contributed by atoms with van der Waals surface area (Å²) in [4.78, 5) is 39.6. The van der Waals surface area contributed by atoms with Crippen molar-refractivity contribution < 1.29 is 41.4 Å². The van der Waals surface area contributed by atoms with Gasteiger partial charge in [0.1, 0.15) is 15.3 Å². The summed E-state index contributed by atoms with van der Waals surface area (Å²) in [5.74, 6) is -4.21. The SMILES string of the molecule is C[C@@H]1CC2C3C[C@H](F)C4=CC(=O)C=C[C@]4(C)[C@@]3(F)[C@@H](O)C[C@]2(C)[C@@]1(OC(=O)c1ccc(S(C)(=O)=O)s1)C(=O)SCC#N. The summed E-state index contributed by atoms with van der Waals surface area (Å²) in [5.41, 5.74) is -7.34. The second-order valence-electron chi connectivity index (χ2n) is 12.2. The molecule has 1 aromatic heterocycles. The number of allylic oxidation sites excluding steroid dienone is 4. The fourth-order valence-electron chi connectivity index (χ4n) is 8.25. The summed E-state index contributed by atoms with van der Waals surface area (Å²) < 4.78 is 63.4. The summed E-state index contributed by atoms with van der Waals surface area (Å²) in [5, 5.41) is 20.2. The zero-order valence-electron chi connectivity index (χ0n) is 23.4. The number of halogens is 2. The number of carbonyl (C=O) groups excluding carboxylic acids is 3. The second-order valence-corrected chi connectivity index (χ2v) is 16.5. The topological polar surface area (TPSA) is 139 Å². The van der Waals surface area contributed by atoms with Gasteiger partial charge in [-0.1, -0.05) is 31.7 Å². The van der Waals surface area contributed by atoms with Gasteiger partial charge in [0.15, 0.2) is 26.9 Å². The van der Waals surface area contributed by atoms with Crippen molar-refractivity contribution >= 4 is 49.8 Å². The quantitative estimate of drug-likeness (QED) is 0.465. The molecule has 1 N–H and O–H groups in total. The van der Waals surface area contributed by atoms with Crippen LogP contribution in [-0.2, 0) is 24.2 Å². The highest BCUT2D eigenvalue weighted by atomic mass is 32.2. The molecule has 4 aliphatic carbocycles. The van der Waals surface area contributed by atoms with Crippen LogP contribution >= 0.6 is 23.1 Å². The lowest BCUT2D eigenvalue weighted by Crippen LogP contribution is -2.70. The maximum atomic E-state index is 17.5. The molecular weight excluding hydrogens is 609 g/mol. The first-order valence-electron chi connectivity index (χ1n) is 13.5. The van der Waals surface area contributed by atoms with Crippen LogP contribution in [-0.4, -0.2) is 65.9 Å². The number of thioether (sulfide) groups is 1. The monoisotopic (exact) mass is 639 g/mol. The number of esters is 1. The molecule has 1 aromatic rings. The van der Waals surface area contributed by atoms with Gasteiger partial charge < -0.3 is 9.84 Å². The Morgan fingerprint density at radius 1 is 1.26 bits per heavy atom. The summed E-state index contributed by atoms with van der Waals surface area (Å²) in [7, 11) is -3.62. The molecule has 0 amide bonds. The molecule has 0 saturated heterocycles. The highest BCUT2D eigenvalue weighted by molar-refractivity contribution is 8.14. The van der Waals surface area contributed by atoms with Gasteiger partial charge in [0, 0.05) is 28.9 Å². The maximum Gasteiger partial charge on any atom is 0.349 e. The first kappa shape index (κ1) is 31.0. The number of carbonyl (C=O) groups is 3. The van der Waals surface area contributed by atoms with E-state index in [1.807, 2.05) is 6.07 Å². The molecule has 0 bridgehead atoms. The Balaban J connectivity index is 1.62. The number of hydrogen-bond acceptors (Lipinski definition) is 10. The second kappa shape index (κ2) is 10.1. The summed E-state index contributed by atoms with van der Waals surface area (Å²) in [6.45, 7) is 4.79. The zero-order chi connectivity index (χ0) is 31.0. The molecule has 9 atom stereocenters. The number of thiophene rings is 1. The number of alkyl halides is 2. The molecule has 0 aliphatic heterocycles. The molecule has 0 aromatic carbocycles. The Kier molecular flexibility index (Phi) is 7.44. The van der Waals surface area contributed by atoms with Gasteiger partial charge in [-0.05, 0) is 62.0 Å². The number of ether oxygens (including phenoxy) is 1. The van der Waals surface area contributed by atoms with Crippen molar-refractivity contribution in [2.24, 2.45) is 28.6 Å². The summed E-state index contributed by atoms with van der Waals surface area (Å²) in [6, 6.07) is 4.43. The van der Waals surface area contributed by atoms with Crippen LogP contribution in [0.5, 0.6) is 0 Å². The number of fused-ring (bicyclic) bond motifs is 5. The van der Waals surface area contributed by atoms with Crippen LogP contribution in [0.2, 0.25) is 0 Å². The lowest BCUT2D eigenvalue weighted by atomic mass is 9.44. The molecule has 0 spiro atoms. The minimum absolute atomic E-state index is 0.0276. The van der Waals surface area contributed by atoms with Crippen LogP contribution in [0.4, 0.5) is 8.78 Å². The Morgan fingerprint density at radius 2 is 1.95 bits per heavy atom. The van der Waals surface area contributed by atoms with Crippen molar-refractivity contribution in [1.29, 1.82) is 5.26 Å². The Morgan fingerprint density at radius 3 is 2.57 bits per heavy atom. The third-order valence-corrected chi connectivity index (χ3v) is 13.9. The highest BCUT2D eigenvalue weighted by Crippen LogP contribution is 2.72. The van der Waals surface area contributed by atoms with Crippen LogP contribution in [0.3, 0.4) is 0 Å². The third-order valence-electron chi connectivity index (χ3n) is 10.1. The molecule has 13 heteroatoms. The maximum absolute atomic E-state index is 17.5. The van der Waals surface area contributed by atoms with Crippen LogP contribution in [0.1, 0.15) is 49.7 Å². The van der Waals surface area contributed by atoms with Crippen molar-refractivity contribution in [3.63, 3.8) is 0 Å². The van der Waals surface area contributed by atoms with E-state index in [0.29, 0.717) is 23.1 Å². The van der Waals surface area contributed by atoms with E-state index in [4.69, 9.17) is 4.74 Å². The van der Waals surface area contributed by atoms with Crippen LogP contribution in [0, 0.1) is 39.9 Å². The largest absolute Gasteiger partial charge is 0.445 e. The third kappa shape index (κ3) is 4.12. The molecule has 42 heavy (non-hydrogen) atoms. The zero-order valence-corrected chi connectivity index (χ0v) is 25.9. The van der Waals surface area contributed by atoms with E-state index in [1.165, 1.54) is 31.2 Å². The molecule has 226 valence electrons. The van der Waals surface area contributed by atoms with E-state index in [2.05, 4.69) is 0 Å². The van der Waals surface area contributed by atoms with Crippen molar-refractivity contribution in [3.8, 4) is 6.07 Å². The van der Waals surface area contributed by atoms with Crippen molar-refractivity contribution in [2.45, 2.75) is 67.8 Å². The number of nitriles is 1. The molecule has 3 fully saturated rings. The van der Waals surface area contributed by atoms with E-state index in [0.717, 1.165) is 12.3 Å². The molecule has 3 saturated carbocycles. The first-order chi connectivity index (χ1) is 19.5. The van der Waals surface area contributed by atoms with Gasteiger partial charge in [-0.25, -0.2) is 22.0 Å². The Hall–Kier alpha value is -2.40. The number of hydrogen-bond donors (Lipinski definition) is 1. The predicted molar refractivity (Wildman–Crippen MR) is 152 cm³/mol. The number of ketones is 1. The van der Waals surface area contributed by atoms with Gasteiger partial charge in [-0.15, -0.1) is 11.3 Å². The van der Waals surface area contributed by atoms with Gasteiger partial charge >= 0.3 is 5.97 Å². The smallest absolute Gasteiger partial charge is 0.349 e. The standard InChI is InChI=1S/C29H31F2NO7S3/c1-15-11-17-18-13-20(30)19-12-16(33)7-8-26(19,2)28(18,31)22(34)14-27(17,3)29(15,25(36)40-10-9-32)39-24(35)21-5-6-23(41-21)42(4,37)38/h5-8,12,15,17-18,20,22,34H,10-11,13-14H2,1-4H3/t15-,17?,18?,20+,22+,26+,27+,28+,29+/m1/s1. The van der Waals surface area contributed by atoms with Crippen LogP contribution in [0.25, 0.3) is 0 Å². The molecule has 0 radical (unpaired) electrons. The van der Waals surface area contributed by atoms with Gasteiger partial charge in [0.2, 0.25) is 5.12 Å². The molecule has 1 heterocycles. The number of sulfone groups is 1. The number of aliphatic hydroxyl groups excluding tert-OH is 1. The number of nitrogens with zero attached hydrogens (tertiary/aromatic N) is 1. The lowest BCUT2D eigenvalue weighted by Gasteiger charge is -2.63. The predicted octanol–water partition coefficient (Wildman–Crippen LogP) is 4.40. The van der Waals surface area contributed by atoms with Crippen molar-refractivity contribution in [3.05, 3.63) is 40.8 Å².